The molecule has 0 aliphatic carbocycles. The third-order valence-corrected chi connectivity index (χ3v) is 39.7. The lowest BCUT2D eigenvalue weighted by Gasteiger charge is -2.19. The molecule has 724 valence electrons. The Balaban J connectivity index is 0.000000369. The molecule has 0 amide bonds. The fourth-order valence-corrected chi connectivity index (χ4v) is 30.9. The Morgan fingerprint density at radius 1 is 0.185 bits per heavy atom. The second-order valence-electron chi connectivity index (χ2n) is 35.4. The molecule has 0 N–H and O–H groups in total. The molecule has 8 rings (SSSR count). The number of hydrogen-bond acceptors (Lipinski definition) is 18. The maximum absolute atomic E-state index is 14.2. The van der Waals surface area contributed by atoms with E-state index in [1.165, 1.54) is 60.7 Å². The first-order chi connectivity index (χ1) is 63.3. The number of allylic oxidation sites excluding steroid dienone is 16. The van der Waals surface area contributed by atoms with Crippen LogP contribution in [0.1, 0.15) is 162 Å². The van der Waals surface area contributed by atoms with Crippen LogP contribution in [0.5, 0.6) is 0 Å². The van der Waals surface area contributed by atoms with E-state index in [1.54, 1.807) is 324 Å². The molecule has 8 atom stereocenters. The summed E-state index contributed by atoms with van der Waals surface area (Å²) >= 11 is 0. The molecule has 0 heterocycles. The Labute approximate surface area is 806 Å². The molecule has 0 aliphatic heterocycles. The zero-order chi connectivity index (χ0) is 99.9. The number of rotatable bonds is 46. The van der Waals surface area contributed by atoms with Crippen LogP contribution in [-0.2, 0) is 88.5 Å². The highest BCUT2D eigenvalue weighted by molar-refractivity contribution is 7.94. The number of sulfone groups is 9. The fraction of sp³-hybridized carbons (Fsp3) is 0.315. The van der Waals surface area contributed by atoms with Crippen molar-refractivity contribution in [3.63, 3.8) is 0 Å². The van der Waals surface area contributed by atoms with Crippen LogP contribution in [0.3, 0.4) is 0 Å². The van der Waals surface area contributed by atoms with Crippen LogP contribution in [0.15, 0.2) is 434 Å². The summed E-state index contributed by atoms with van der Waals surface area (Å²) in [6, 6.07) is 64.8. The maximum Gasteiger partial charge on any atom is 0.185 e. The summed E-state index contributed by atoms with van der Waals surface area (Å²) in [6.07, 6.45) is 23.7. The lowest BCUT2D eigenvalue weighted by atomic mass is 10.0. The Kier molecular flexibility index (Phi) is 42.2. The highest BCUT2D eigenvalue weighted by Gasteiger charge is 2.36. The van der Waals surface area contributed by atoms with Crippen LogP contribution in [0, 0.1) is 0 Å². The molecule has 135 heavy (non-hydrogen) atoms. The molecule has 18 nitrogen and oxygen atoms in total. The second-order valence-corrected chi connectivity index (χ2v) is 54.9. The predicted molar refractivity (Wildman–Crippen MR) is 552 cm³/mol. The lowest BCUT2D eigenvalue weighted by molar-refractivity contribution is 0.583. The van der Waals surface area contributed by atoms with Gasteiger partial charge in [-0.15, -0.1) is 0 Å². The van der Waals surface area contributed by atoms with E-state index in [0.717, 1.165) is 33.4 Å². The Morgan fingerprint density at radius 3 is 0.467 bits per heavy atom. The largest absolute Gasteiger partial charge is 0.228 e. The van der Waals surface area contributed by atoms with E-state index < -0.39 is 142 Å². The Hall–Kier alpha value is -10.1. The monoisotopic (exact) mass is 2000 g/mol. The molecule has 0 aromatic heterocycles. The Morgan fingerprint density at radius 2 is 0.319 bits per heavy atom. The van der Waals surface area contributed by atoms with Crippen LogP contribution in [-0.4, -0.2) is 129 Å². The van der Waals surface area contributed by atoms with Crippen molar-refractivity contribution in [2.45, 2.75) is 243 Å². The van der Waals surface area contributed by atoms with Gasteiger partial charge in [0.1, 0.15) is 0 Å². The van der Waals surface area contributed by atoms with Gasteiger partial charge in [-0.2, -0.15) is 0 Å². The van der Waals surface area contributed by atoms with Gasteiger partial charge in [0.15, 0.2) is 88.5 Å². The zero-order valence-electron chi connectivity index (χ0n) is 79.9. The first kappa shape index (κ1) is 112. The van der Waals surface area contributed by atoms with Crippen molar-refractivity contribution in [3.8, 4) is 0 Å². The minimum atomic E-state index is -4.03. The van der Waals surface area contributed by atoms with Gasteiger partial charge in [-0.25, -0.2) is 75.8 Å². The molecule has 8 aromatic rings. The third kappa shape index (κ3) is 34.0. The SMILES string of the molecule is CC(C)=CC(CC(C)=CC(CC(C)=CC=CC=C(C)CC(C=C(C)CC(C=C(C)C)S(=O)(=O)c1ccccc1)S(=O)(=O)c1ccccc1)S(=O)(=O)c1ccccc1)S(=O)(=O)c1ccccc1.CC(C)=CC(CC(C)=CC(CC(C)=CCS(=O)(=O)CC=C(C)CC(C=C(C)CC(C=C(C)C)S(=O)(=O)c1ccccc1)S(=O)(=O)c1ccccc1)S(=O)(=O)c1ccccc1)S(=O)(=O)c1ccccc1. The van der Waals surface area contributed by atoms with Gasteiger partial charge in [-0.05, 0) is 259 Å². The summed E-state index contributed by atoms with van der Waals surface area (Å²) in [5.41, 5.74) is 8.02. The molecule has 8 aromatic carbocycles. The standard InChI is InChI=1S/C54H66O10S5.C54H64O8S4/c1-41(2)33-51(66(57,58)47-21-13-9-14-22-47)37-45(7)39-53(68(61,62)49-25-17-11-18-26-49)35-43(5)29-31-65(55,56)32-30-44(6)36-54(69(63,64)50-27-19-12-20-28-50)40-46(8)38-52(34-42(3)4)67(59,60)48-23-15-10-16-24-48;1-41(2)33-51(63(55,56)47-25-13-9-14-26-47)37-45(7)39-53(65(59,60)49-29-17-11-18-30-49)35-43(5)23-21-22-24-44(6)36-54(66(61,62)50-31-19-12-20-32-50)40-46(8)38-52(34-42(3)4)64(57,58)48-27-15-10-16-28-48/h9-30,33-34,39-40,51-54H,31-32,35-38H2,1-8H3;9-34,39-40,51-54H,35-38H2,1-8H3. The Bertz CT molecular complexity index is 6480. The van der Waals surface area contributed by atoms with Gasteiger partial charge < -0.3 is 0 Å². The fourth-order valence-electron chi connectivity index (χ4n) is 15.3. The molecule has 0 saturated heterocycles. The summed E-state index contributed by atoms with van der Waals surface area (Å²) in [4.78, 5) is 1.16. The summed E-state index contributed by atoms with van der Waals surface area (Å²) in [5.74, 6) is -0.846. The van der Waals surface area contributed by atoms with Crippen molar-refractivity contribution in [1.82, 2.24) is 0 Å². The van der Waals surface area contributed by atoms with E-state index in [0.29, 0.717) is 33.4 Å². The summed E-state index contributed by atoms with van der Waals surface area (Å²) in [7, 11) is -34.9. The van der Waals surface area contributed by atoms with Crippen molar-refractivity contribution in [3.05, 3.63) is 395 Å². The second kappa shape index (κ2) is 50.8. The van der Waals surface area contributed by atoms with E-state index in [1.807, 2.05) is 53.7 Å². The molecule has 0 spiro atoms. The van der Waals surface area contributed by atoms with Crippen LogP contribution in [0.4, 0.5) is 0 Å². The number of hydrogen-bond donors (Lipinski definition) is 0. The summed E-state index contributed by atoms with van der Waals surface area (Å²) in [5, 5.41) is -8.00. The quantitative estimate of drug-likeness (QED) is 0.0253. The van der Waals surface area contributed by atoms with Crippen molar-refractivity contribution in [2.24, 2.45) is 0 Å². The van der Waals surface area contributed by atoms with E-state index >= 15 is 0 Å². The van der Waals surface area contributed by atoms with Gasteiger partial charge in [-0.1, -0.05) is 298 Å². The van der Waals surface area contributed by atoms with Crippen molar-refractivity contribution < 1.29 is 75.8 Å². The molecular weight excluding hydrogens is 1870 g/mol. The average Bonchev–Trinajstić information content (AvgIpc) is 0.815. The highest BCUT2D eigenvalue weighted by atomic mass is 32.2. The van der Waals surface area contributed by atoms with Crippen molar-refractivity contribution in [2.75, 3.05) is 11.5 Å². The van der Waals surface area contributed by atoms with E-state index in [2.05, 4.69) is 0 Å². The molecule has 0 fully saturated rings. The molecular formula is C108H130O18S9. The van der Waals surface area contributed by atoms with Crippen molar-refractivity contribution in [1.29, 1.82) is 0 Å². The predicted octanol–water partition coefficient (Wildman–Crippen LogP) is 23.2. The van der Waals surface area contributed by atoms with Crippen LogP contribution >= 0.6 is 0 Å². The number of benzene rings is 8. The third-order valence-electron chi connectivity index (χ3n) is 22.2. The van der Waals surface area contributed by atoms with Gasteiger partial charge in [0.05, 0.1) is 92.7 Å². The molecule has 0 aliphatic rings. The van der Waals surface area contributed by atoms with E-state index in [4.69, 9.17) is 0 Å². The molecule has 0 bridgehead atoms. The first-order valence-corrected chi connectivity index (χ1v) is 58.6. The normalized spacial score (nSPS) is 15.4. The van der Waals surface area contributed by atoms with Crippen LogP contribution in [0.25, 0.3) is 0 Å². The molecule has 8 unspecified atom stereocenters. The minimum Gasteiger partial charge on any atom is -0.228 e. The van der Waals surface area contributed by atoms with Crippen molar-refractivity contribution >= 4 is 88.5 Å². The summed E-state index contributed by atoms with van der Waals surface area (Å²) < 4.78 is 251. The summed E-state index contributed by atoms with van der Waals surface area (Å²) in [6.45, 7) is 28.4. The zero-order valence-corrected chi connectivity index (χ0v) is 87.2. The molecule has 0 saturated carbocycles. The van der Waals surface area contributed by atoms with E-state index in [9.17, 15) is 75.8 Å². The lowest BCUT2D eigenvalue weighted by Crippen LogP contribution is -2.23. The van der Waals surface area contributed by atoms with Gasteiger partial charge >= 0.3 is 0 Å². The van der Waals surface area contributed by atoms with Gasteiger partial charge in [0, 0.05) is 0 Å². The van der Waals surface area contributed by atoms with Gasteiger partial charge in [0.25, 0.3) is 0 Å². The topological polar surface area (TPSA) is 307 Å². The van der Waals surface area contributed by atoms with Crippen LogP contribution in [0.2, 0.25) is 0 Å². The van der Waals surface area contributed by atoms with E-state index in [-0.39, 0.29) is 90.5 Å². The minimum absolute atomic E-state index is 0.0293. The molecule has 0 radical (unpaired) electrons. The van der Waals surface area contributed by atoms with Crippen LogP contribution < -0.4 is 0 Å². The average molecular weight is 2000 g/mol. The maximum atomic E-state index is 14.2. The first-order valence-electron chi connectivity index (χ1n) is 44.4. The molecule has 27 heteroatoms. The van der Waals surface area contributed by atoms with Gasteiger partial charge in [-0.3, -0.25) is 0 Å². The highest BCUT2D eigenvalue weighted by Crippen LogP contribution is 2.35. The van der Waals surface area contributed by atoms with Gasteiger partial charge in [0.2, 0.25) is 0 Å². The smallest absolute Gasteiger partial charge is 0.185 e.